The molecule has 0 unspecified atom stereocenters. The Bertz CT molecular complexity index is 688. The number of rotatable bonds is 3. The van der Waals surface area contributed by atoms with E-state index < -0.39 is 0 Å². The second-order valence-electron chi connectivity index (χ2n) is 5.67. The zero-order chi connectivity index (χ0) is 16.4. The standard InChI is InChI=1S/C16H18Cl2N4O/c1-20-10-12(9-19-20)16(23)22-7-5-21(6-8-22)11-13-14(17)3-2-4-15(13)18/h2-4,9-10H,5-8,11H2,1H3. The number of halogens is 2. The van der Waals surface area contributed by atoms with Gasteiger partial charge < -0.3 is 4.90 Å². The molecule has 0 aliphatic carbocycles. The summed E-state index contributed by atoms with van der Waals surface area (Å²) in [6.07, 6.45) is 3.36. The van der Waals surface area contributed by atoms with Crippen LogP contribution in [0.25, 0.3) is 0 Å². The van der Waals surface area contributed by atoms with Crippen molar-refractivity contribution in [1.29, 1.82) is 0 Å². The fourth-order valence-electron chi connectivity index (χ4n) is 2.73. The summed E-state index contributed by atoms with van der Waals surface area (Å²) in [5, 5.41) is 5.43. The van der Waals surface area contributed by atoms with Crippen LogP contribution in [0.1, 0.15) is 15.9 Å². The molecule has 1 aliphatic heterocycles. The van der Waals surface area contributed by atoms with Crippen LogP contribution in [-0.2, 0) is 13.6 Å². The van der Waals surface area contributed by atoms with Gasteiger partial charge in [0, 0.05) is 61.6 Å². The van der Waals surface area contributed by atoms with Gasteiger partial charge in [-0.3, -0.25) is 14.4 Å². The van der Waals surface area contributed by atoms with E-state index in [1.807, 2.05) is 30.1 Å². The maximum Gasteiger partial charge on any atom is 0.257 e. The van der Waals surface area contributed by atoms with Gasteiger partial charge in [0.05, 0.1) is 11.8 Å². The topological polar surface area (TPSA) is 41.4 Å². The van der Waals surface area contributed by atoms with E-state index >= 15 is 0 Å². The van der Waals surface area contributed by atoms with Gasteiger partial charge in [-0.15, -0.1) is 0 Å². The lowest BCUT2D eigenvalue weighted by atomic mass is 10.2. The molecule has 0 radical (unpaired) electrons. The van der Waals surface area contributed by atoms with Gasteiger partial charge in [0.15, 0.2) is 0 Å². The molecule has 122 valence electrons. The van der Waals surface area contributed by atoms with E-state index in [0.29, 0.717) is 35.2 Å². The first-order chi connectivity index (χ1) is 11.0. The fourth-order valence-corrected chi connectivity index (χ4v) is 3.25. The highest BCUT2D eigenvalue weighted by Crippen LogP contribution is 2.26. The molecule has 1 aliphatic rings. The summed E-state index contributed by atoms with van der Waals surface area (Å²) in [6, 6.07) is 5.55. The molecule has 0 saturated carbocycles. The molecule has 3 rings (SSSR count). The van der Waals surface area contributed by atoms with Crippen LogP contribution >= 0.6 is 23.2 Å². The number of benzene rings is 1. The minimum Gasteiger partial charge on any atom is -0.336 e. The third-order valence-electron chi connectivity index (χ3n) is 4.05. The van der Waals surface area contributed by atoms with Gasteiger partial charge in [0.2, 0.25) is 0 Å². The number of hydrogen-bond acceptors (Lipinski definition) is 3. The van der Waals surface area contributed by atoms with Crippen molar-refractivity contribution >= 4 is 29.1 Å². The van der Waals surface area contributed by atoms with Gasteiger partial charge in [0.1, 0.15) is 0 Å². The summed E-state index contributed by atoms with van der Waals surface area (Å²) in [7, 11) is 1.81. The Labute approximate surface area is 145 Å². The summed E-state index contributed by atoms with van der Waals surface area (Å²) >= 11 is 12.5. The van der Waals surface area contributed by atoms with Crippen molar-refractivity contribution < 1.29 is 4.79 Å². The predicted molar refractivity (Wildman–Crippen MR) is 90.9 cm³/mol. The molecular formula is C16H18Cl2N4O. The molecule has 5 nitrogen and oxygen atoms in total. The van der Waals surface area contributed by atoms with Crippen molar-refractivity contribution in [1.82, 2.24) is 19.6 Å². The number of carbonyl (C=O) groups is 1. The van der Waals surface area contributed by atoms with Crippen LogP contribution in [0.2, 0.25) is 10.0 Å². The molecular weight excluding hydrogens is 335 g/mol. The van der Waals surface area contributed by atoms with E-state index in [-0.39, 0.29) is 5.91 Å². The van der Waals surface area contributed by atoms with E-state index in [1.165, 1.54) is 0 Å². The Morgan fingerprint density at radius 2 is 1.83 bits per heavy atom. The predicted octanol–water partition coefficient (Wildman–Crippen LogP) is 2.68. The third kappa shape index (κ3) is 3.68. The van der Waals surface area contributed by atoms with Crippen molar-refractivity contribution in [2.75, 3.05) is 26.2 Å². The number of hydrogen-bond donors (Lipinski definition) is 0. The molecule has 1 fully saturated rings. The molecule has 0 atom stereocenters. The molecule has 7 heteroatoms. The maximum atomic E-state index is 12.4. The fraction of sp³-hybridized carbons (Fsp3) is 0.375. The van der Waals surface area contributed by atoms with E-state index in [0.717, 1.165) is 18.7 Å². The monoisotopic (exact) mass is 352 g/mol. The lowest BCUT2D eigenvalue weighted by molar-refractivity contribution is 0.0628. The molecule has 2 aromatic rings. The Morgan fingerprint density at radius 1 is 1.17 bits per heavy atom. The first-order valence-electron chi connectivity index (χ1n) is 7.48. The van der Waals surface area contributed by atoms with Gasteiger partial charge in [-0.1, -0.05) is 29.3 Å². The van der Waals surface area contributed by atoms with E-state index in [2.05, 4.69) is 10.00 Å². The van der Waals surface area contributed by atoms with Crippen LogP contribution in [0.4, 0.5) is 0 Å². The number of amides is 1. The maximum absolute atomic E-state index is 12.4. The van der Waals surface area contributed by atoms with Gasteiger partial charge in [-0.25, -0.2) is 0 Å². The number of carbonyl (C=O) groups excluding carboxylic acids is 1. The van der Waals surface area contributed by atoms with Crippen LogP contribution in [-0.4, -0.2) is 51.7 Å². The molecule has 0 N–H and O–H groups in total. The lowest BCUT2D eigenvalue weighted by Gasteiger charge is -2.34. The molecule has 0 bridgehead atoms. The van der Waals surface area contributed by atoms with E-state index in [1.54, 1.807) is 17.1 Å². The first-order valence-corrected chi connectivity index (χ1v) is 8.23. The average Bonchev–Trinajstić information content (AvgIpc) is 2.97. The molecule has 23 heavy (non-hydrogen) atoms. The first kappa shape index (κ1) is 16.3. The Morgan fingerprint density at radius 3 is 2.39 bits per heavy atom. The summed E-state index contributed by atoms with van der Waals surface area (Å²) in [4.78, 5) is 16.5. The van der Waals surface area contributed by atoms with Gasteiger partial charge >= 0.3 is 0 Å². The molecule has 0 spiro atoms. The molecule has 1 aromatic carbocycles. The summed E-state index contributed by atoms with van der Waals surface area (Å²) in [5.74, 6) is 0.0357. The highest BCUT2D eigenvalue weighted by atomic mass is 35.5. The number of aromatic nitrogens is 2. The number of piperazine rings is 1. The van der Waals surface area contributed by atoms with Gasteiger partial charge in [-0.2, -0.15) is 5.10 Å². The zero-order valence-electron chi connectivity index (χ0n) is 12.9. The highest BCUT2D eigenvalue weighted by Gasteiger charge is 2.23. The minimum atomic E-state index is 0.0357. The Kier molecular flexibility index (Phi) is 4.90. The van der Waals surface area contributed by atoms with Crippen LogP contribution in [0, 0.1) is 0 Å². The highest BCUT2D eigenvalue weighted by molar-refractivity contribution is 6.35. The smallest absolute Gasteiger partial charge is 0.257 e. The average molecular weight is 353 g/mol. The molecule has 2 heterocycles. The van der Waals surface area contributed by atoms with Crippen molar-refractivity contribution in [3.05, 3.63) is 51.8 Å². The summed E-state index contributed by atoms with van der Waals surface area (Å²) < 4.78 is 1.64. The van der Waals surface area contributed by atoms with Crippen LogP contribution in [0.5, 0.6) is 0 Å². The normalized spacial score (nSPS) is 15.9. The molecule has 1 saturated heterocycles. The van der Waals surface area contributed by atoms with Gasteiger partial charge in [0.25, 0.3) is 5.91 Å². The third-order valence-corrected chi connectivity index (χ3v) is 4.76. The second-order valence-corrected chi connectivity index (χ2v) is 6.49. The van der Waals surface area contributed by atoms with Crippen LogP contribution in [0.3, 0.4) is 0 Å². The lowest BCUT2D eigenvalue weighted by Crippen LogP contribution is -2.48. The zero-order valence-corrected chi connectivity index (χ0v) is 14.4. The van der Waals surface area contributed by atoms with Crippen molar-refractivity contribution in [3.8, 4) is 0 Å². The quantitative estimate of drug-likeness (QED) is 0.852. The molecule has 1 amide bonds. The summed E-state index contributed by atoms with van der Waals surface area (Å²) in [6.45, 7) is 3.68. The van der Waals surface area contributed by atoms with Crippen LogP contribution in [0.15, 0.2) is 30.6 Å². The Balaban J connectivity index is 1.59. The van der Waals surface area contributed by atoms with Crippen molar-refractivity contribution in [3.63, 3.8) is 0 Å². The van der Waals surface area contributed by atoms with Crippen molar-refractivity contribution in [2.24, 2.45) is 7.05 Å². The minimum absolute atomic E-state index is 0.0357. The number of aryl methyl sites for hydroxylation is 1. The van der Waals surface area contributed by atoms with Crippen molar-refractivity contribution in [2.45, 2.75) is 6.54 Å². The summed E-state index contributed by atoms with van der Waals surface area (Å²) in [5.41, 5.74) is 1.58. The van der Waals surface area contributed by atoms with Crippen LogP contribution < -0.4 is 0 Å². The van der Waals surface area contributed by atoms with E-state index in [9.17, 15) is 4.79 Å². The van der Waals surface area contributed by atoms with Gasteiger partial charge in [-0.05, 0) is 12.1 Å². The Hall–Kier alpha value is -1.56. The number of nitrogens with zero attached hydrogens (tertiary/aromatic N) is 4. The van der Waals surface area contributed by atoms with E-state index in [4.69, 9.17) is 23.2 Å². The second kappa shape index (κ2) is 6.91. The largest absolute Gasteiger partial charge is 0.336 e. The molecule has 1 aromatic heterocycles. The SMILES string of the molecule is Cn1cc(C(=O)N2CCN(Cc3c(Cl)cccc3Cl)CC2)cn1.